The minimum atomic E-state index is -0.977. The van der Waals surface area contributed by atoms with Gasteiger partial charge in [0, 0.05) is 28.4 Å². The summed E-state index contributed by atoms with van der Waals surface area (Å²) in [5.41, 5.74) is 1.57. The van der Waals surface area contributed by atoms with Gasteiger partial charge >= 0.3 is 0 Å². The number of anilines is 1. The molecule has 0 saturated carbocycles. The Hall–Kier alpha value is -3.81. The van der Waals surface area contributed by atoms with Gasteiger partial charge in [0.25, 0.3) is 5.91 Å². The van der Waals surface area contributed by atoms with Crippen molar-refractivity contribution in [3.63, 3.8) is 0 Å². The van der Waals surface area contributed by atoms with Gasteiger partial charge in [-0.25, -0.2) is 8.78 Å². The predicted octanol–water partition coefficient (Wildman–Crippen LogP) is 5.55. The molecule has 0 bridgehead atoms. The first-order valence-electron chi connectivity index (χ1n) is 10.3. The molecule has 0 fully saturated rings. The number of furan rings is 1. The Labute approximate surface area is 191 Å². The number of nitrogens with one attached hydrogen (secondary N) is 2. The first kappa shape index (κ1) is 23.8. The molecule has 0 spiro atoms. The second kappa shape index (κ2) is 10.7. The van der Waals surface area contributed by atoms with Crippen molar-refractivity contribution in [1.82, 2.24) is 5.32 Å². The quantitative estimate of drug-likeness (QED) is 0.413. The summed E-state index contributed by atoms with van der Waals surface area (Å²) >= 11 is 0. The molecule has 3 rings (SSSR count). The highest BCUT2D eigenvalue weighted by Gasteiger charge is 2.18. The van der Waals surface area contributed by atoms with Crippen molar-refractivity contribution in [2.24, 2.45) is 0 Å². The molecule has 0 aliphatic carbocycles. The van der Waals surface area contributed by atoms with E-state index < -0.39 is 17.6 Å². The molecule has 1 aromatic heterocycles. The molecule has 0 atom stereocenters. The molecule has 0 unspecified atom stereocenters. The molecule has 6 nitrogen and oxygen atoms in total. The molecule has 33 heavy (non-hydrogen) atoms. The van der Waals surface area contributed by atoms with Crippen LogP contribution in [0.3, 0.4) is 0 Å². The Balaban J connectivity index is 1.92. The first-order chi connectivity index (χ1) is 15.8. The maximum atomic E-state index is 15.0. The van der Waals surface area contributed by atoms with Crippen LogP contribution in [0.15, 0.2) is 59.0 Å². The summed E-state index contributed by atoms with van der Waals surface area (Å²) in [6, 6.07) is 11.1. The molecule has 174 valence electrons. The van der Waals surface area contributed by atoms with Gasteiger partial charge in [-0.1, -0.05) is 0 Å². The average molecular weight is 456 g/mol. The summed E-state index contributed by atoms with van der Waals surface area (Å²) in [5.74, 6) is -1.00. The number of rotatable bonds is 9. The third-order valence-electron chi connectivity index (χ3n) is 4.78. The van der Waals surface area contributed by atoms with Gasteiger partial charge in [-0.3, -0.25) is 4.79 Å². The second-order valence-electron chi connectivity index (χ2n) is 7.54. The standard InChI is InChI=1S/C25H26F2N2O4/c1-15(2)29-25(30)22(27)10-16-11-24(32-4)20(13-23(16)31-3)19-8-7-17(12-21(19)26)28-14-18-6-5-9-33-18/h5-13,15,28H,14H2,1-4H3,(H,29,30). The highest BCUT2D eigenvalue weighted by atomic mass is 19.1. The van der Waals surface area contributed by atoms with Crippen LogP contribution >= 0.6 is 0 Å². The van der Waals surface area contributed by atoms with Gasteiger partial charge in [0.05, 0.1) is 27.0 Å². The predicted molar refractivity (Wildman–Crippen MR) is 123 cm³/mol. The van der Waals surface area contributed by atoms with Gasteiger partial charge < -0.3 is 24.5 Å². The first-order valence-corrected chi connectivity index (χ1v) is 10.3. The van der Waals surface area contributed by atoms with Crippen LogP contribution in [-0.4, -0.2) is 26.2 Å². The number of methoxy groups -OCH3 is 2. The van der Waals surface area contributed by atoms with Crippen molar-refractivity contribution in [2.75, 3.05) is 19.5 Å². The van der Waals surface area contributed by atoms with E-state index in [0.717, 1.165) is 11.8 Å². The van der Waals surface area contributed by atoms with E-state index in [2.05, 4.69) is 10.6 Å². The lowest BCUT2D eigenvalue weighted by Crippen LogP contribution is -2.30. The normalized spacial score (nSPS) is 11.4. The van der Waals surface area contributed by atoms with Gasteiger partial charge in [0.1, 0.15) is 23.1 Å². The zero-order valence-electron chi connectivity index (χ0n) is 18.9. The van der Waals surface area contributed by atoms with E-state index in [9.17, 15) is 9.18 Å². The lowest BCUT2D eigenvalue weighted by molar-refractivity contribution is -0.119. The third kappa shape index (κ3) is 5.91. The summed E-state index contributed by atoms with van der Waals surface area (Å²) in [6.07, 6.45) is 2.63. The summed E-state index contributed by atoms with van der Waals surface area (Å²) in [6.45, 7) is 3.88. The smallest absolute Gasteiger partial charge is 0.280 e. The lowest BCUT2D eigenvalue weighted by atomic mass is 10.00. The number of benzene rings is 2. The molecule has 1 heterocycles. The molecule has 3 aromatic rings. The number of carbonyl (C=O) groups is 1. The van der Waals surface area contributed by atoms with Crippen LogP contribution < -0.4 is 20.1 Å². The Kier molecular flexibility index (Phi) is 7.71. The van der Waals surface area contributed by atoms with Gasteiger partial charge in [0.15, 0.2) is 5.83 Å². The zero-order valence-corrected chi connectivity index (χ0v) is 18.9. The fourth-order valence-corrected chi connectivity index (χ4v) is 3.22. The fourth-order valence-electron chi connectivity index (χ4n) is 3.22. The molecular formula is C25H26F2N2O4. The molecule has 1 amide bonds. The van der Waals surface area contributed by atoms with Crippen molar-refractivity contribution in [2.45, 2.75) is 26.4 Å². The largest absolute Gasteiger partial charge is 0.496 e. The monoisotopic (exact) mass is 456 g/mol. The topological polar surface area (TPSA) is 72.7 Å². The third-order valence-corrected chi connectivity index (χ3v) is 4.78. The van der Waals surface area contributed by atoms with E-state index in [1.54, 1.807) is 44.4 Å². The van der Waals surface area contributed by atoms with Crippen LogP contribution in [0.5, 0.6) is 11.5 Å². The van der Waals surface area contributed by atoms with Crippen molar-refractivity contribution in [1.29, 1.82) is 0 Å². The number of halogens is 2. The summed E-state index contributed by atoms with van der Waals surface area (Å²) in [7, 11) is 2.84. The van der Waals surface area contributed by atoms with E-state index in [-0.39, 0.29) is 22.9 Å². The van der Waals surface area contributed by atoms with Crippen LogP contribution in [0.2, 0.25) is 0 Å². The Morgan fingerprint density at radius 1 is 1.09 bits per heavy atom. The number of hydrogen-bond donors (Lipinski definition) is 2. The van der Waals surface area contributed by atoms with Crippen LogP contribution in [0.25, 0.3) is 17.2 Å². The van der Waals surface area contributed by atoms with Crippen LogP contribution in [0, 0.1) is 5.82 Å². The molecule has 0 radical (unpaired) electrons. The highest BCUT2D eigenvalue weighted by Crippen LogP contribution is 2.39. The molecule has 2 aromatic carbocycles. The maximum Gasteiger partial charge on any atom is 0.280 e. The van der Waals surface area contributed by atoms with E-state index in [1.165, 1.54) is 26.4 Å². The van der Waals surface area contributed by atoms with Gasteiger partial charge in [-0.05, 0) is 62.4 Å². The van der Waals surface area contributed by atoms with E-state index in [4.69, 9.17) is 13.9 Å². The number of carbonyl (C=O) groups excluding carboxylic acids is 1. The highest BCUT2D eigenvalue weighted by molar-refractivity contribution is 5.96. The molecule has 0 saturated heterocycles. The van der Waals surface area contributed by atoms with Gasteiger partial charge in [-0.15, -0.1) is 0 Å². The van der Waals surface area contributed by atoms with Crippen molar-refractivity contribution in [3.05, 3.63) is 71.7 Å². The van der Waals surface area contributed by atoms with E-state index >= 15 is 4.39 Å². The van der Waals surface area contributed by atoms with Crippen molar-refractivity contribution < 1.29 is 27.5 Å². The minimum absolute atomic E-state index is 0.213. The molecular weight excluding hydrogens is 430 g/mol. The Bertz CT molecular complexity index is 1140. The molecule has 8 heteroatoms. The lowest BCUT2D eigenvalue weighted by Gasteiger charge is -2.15. The van der Waals surface area contributed by atoms with Crippen LogP contribution in [0.1, 0.15) is 25.2 Å². The summed E-state index contributed by atoms with van der Waals surface area (Å²) < 4.78 is 45.4. The summed E-state index contributed by atoms with van der Waals surface area (Å²) in [5, 5.41) is 5.58. The zero-order chi connectivity index (χ0) is 24.0. The molecule has 0 aliphatic rings. The summed E-state index contributed by atoms with van der Waals surface area (Å²) in [4.78, 5) is 11.9. The number of amides is 1. The van der Waals surface area contributed by atoms with Crippen molar-refractivity contribution >= 4 is 17.7 Å². The van der Waals surface area contributed by atoms with Gasteiger partial charge in [0.2, 0.25) is 0 Å². The fraction of sp³-hybridized carbons (Fsp3) is 0.240. The SMILES string of the molecule is COc1cc(-c2ccc(NCc3ccco3)cc2F)c(OC)cc1C=C(F)C(=O)NC(C)C. The Morgan fingerprint density at radius 2 is 1.85 bits per heavy atom. The minimum Gasteiger partial charge on any atom is -0.496 e. The molecule has 0 aliphatic heterocycles. The van der Waals surface area contributed by atoms with Crippen LogP contribution in [0.4, 0.5) is 14.5 Å². The van der Waals surface area contributed by atoms with E-state index in [0.29, 0.717) is 23.5 Å². The van der Waals surface area contributed by atoms with Crippen molar-refractivity contribution in [3.8, 4) is 22.6 Å². The van der Waals surface area contributed by atoms with E-state index in [1.807, 2.05) is 6.07 Å². The Morgan fingerprint density at radius 3 is 2.45 bits per heavy atom. The molecule has 2 N–H and O–H groups in total. The van der Waals surface area contributed by atoms with Gasteiger partial charge in [-0.2, -0.15) is 0 Å². The second-order valence-corrected chi connectivity index (χ2v) is 7.54. The van der Waals surface area contributed by atoms with Crippen LogP contribution in [-0.2, 0) is 11.3 Å². The number of ether oxygens (including phenoxy) is 2. The number of hydrogen-bond acceptors (Lipinski definition) is 5. The maximum absolute atomic E-state index is 15.0. The average Bonchev–Trinajstić information content (AvgIpc) is 3.31.